The highest BCUT2D eigenvalue weighted by atomic mass is 35.5. The van der Waals surface area contributed by atoms with E-state index < -0.39 is 6.04 Å². The van der Waals surface area contributed by atoms with Gasteiger partial charge in [-0.3, -0.25) is 9.59 Å². The van der Waals surface area contributed by atoms with Gasteiger partial charge in [0.2, 0.25) is 18.6 Å². The minimum absolute atomic E-state index is 0.124. The van der Waals surface area contributed by atoms with Gasteiger partial charge in [-0.2, -0.15) is 0 Å². The van der Waals surface area contributed by atoms with Gasteiger partial charge in [0.05, 0.1) is 10.0 Å². The van der Waals surface area contributed by atoms with Crippen molar-refractivity contribution in [2.75, 3.05) is 13.3 Å². The number of rotatable bonds is 9. The van der Waals surface area contributed by atoms with Gasteiger partial charge in [0, 0.05) is 19.5 Å². The summed E-state index contributed by atoms with van der Waals surface area (Å²) < 4.78 is 10.8. The van der Waals surface area contributed by atoms with E-state index >= 15 is 0 Å². The van der Waals surface area contributed by atoms with E-state index in [9.17, 15) is 9.59 Å². The third kappa shape index (κ3) is 6.30. The summed E-state index contributed by atoms with van der Waals surface area (Å²) in [6, 6.07) is 10.2. The largest absolute Gasteiger partial charge is 0.454 e. The number of fused-ring (bicyclic) bond motifs is 1. The van der Waals surface area contributed by atoms with Gasteiger partial charge in [-0.05, 0) is 54.7 Å². The van der Waals surface area contributed by atoms with Crippen molar-refractivity contribution in [2.24, 2.45) is 5.92 Å². The quantitative estimate of drug-likeness (QED) is 0.559. The van der Waals surface area contributed by atoms with Crippen molar-refractivity contribution in [3.8, 4) is 11.5 Å². The molecule has 3 rings (SSSR count). The second kappa shape index (κ2) is 10.9. The Hall–Kier alpha value is -2.44. The Morgan fingerprint density at radius 1 is 1.00 bits per heavy atom. The van der Waals surface area contributed by atoms with Crippen molar-refractivity contribution >= 4 is 35.0 Å². The minimum Gasteiger partial charge on any atom is -0.454 e. The van der Waals surface area contributed by atoms with Crippen LogP contribution < -0.4 is 14.8 Å². The van der Waals surface area contributed by atoms with Crippen LogP contribution in [-0.2, 0) is 22.6 Å². The van der Waals surface area contributed by atoms with Crippen molar-refractivity contribution in [1.82, 2.24) is 10.2 Å². The highest BCUT2D eigenvalue weighted by molar-refractivity contribution is 6.42. The maximum absolute atomic E-state index is 13.2. The van der Waals surface area contributed by atoms with E-state index in [1.807, 2.05) is 38.1 Å². The third-order valence-electron chi connectivity index (χ3n) is 5.25. The summed E-state index contributed by atoms with van der Waals surface area (Å²) in [5.41, 5.74) is 1.77. The molecule has 1 atom stereocenters. The molecule has 1 heterocycles. The van der Waals surface area contributed by atoms with Crippen LogP contribution in [0.15, 0.2) is 36.4 Å². The lowest BCUT2D eigenvalue weighted by Gasteiger charge is -2.29. The summed E-state index contributed by atoms with van der Waals surface area (Å²) in [5.74, 6) is 1.40. The summed E-state index contributed by atoms with van der Waals surface area (Å²) in [6.45, 7) is 6.80. The van der Waals surface area contributed by atoms with E-state index in [1.165, 1.54) is 0 Å². The lowest BCUT2D eigenvalue weighted by molar-refractivity contribution is -0.140. The average molecular weight is 479 g/mol. The molecular weight excluding hydrogens is 451 g/mol. The average Bonchev–Trinajstić information content (AvgIpc) is 3.24. The fourth-order valence-electron chi connectivity index (χ4n) is 3.36. The molecule has 2 amide bonds. The first-order valence-corrected chi connectivity index (χ1v) is 11.4. The molecule has 0 saturated heterocycles. The molecule has 1 N–H and O–H groups in total. The summed E-state index contributed by atoms with van der Waals surface area (Å²) in [5, 5.41) is 3.77. The van der Waals surface area contributed by atoms with E-state index in [1.54, 1.807) is 24.0 Å². The number of carbonyl (C=O) groups is 2. The van der Waals surface area contributed by atoms with E-state index in [0.717, 1.165) is 11.1 Å². The molecule has 0 spiro atoms. The predicted molar refractivity (Wildman–Crippen MR) is 125 cm³/mol. The maximum Gasteiger partial charge on any atom is 0.242 e. The molecule has 0 aromatic heterocycles. The van der Waals surface area contributed by atoms with Crippen molar-refractivity contribution in [3.05, 3.63) is 57.6 Å². The van der Waals surface area contributed by atoms with E-state index in [4.69, 9.17) is 32.7 Å². The molecule has 8 heteroatoms. The van der Waals surface area contributed by atoms with Gasteiger partial charge in [0.1, 0.15) is 6.04 Å². The second-order valence-corrected chi connectivity index (χ2v) is 9.09. The number of ether oxygens (including phenoxy) is 2. The molecular formula is C24H28Cl2N2O4. The van der Waals surface area contributed by atoms with Crippen LogP contribution in [0, 0.1) is 5.92 Å². The first-order valence-electron chi connectivity index (χ1n) is 10.6. The predicted octanol–water partition coefficient (Wildman–Crippen LogP) is 4.84. The smallest absolute Gasteiger partial charge is 0.242 e. The van der Waals surface area contributed by atoms with Crippen LogP contribution in [0.2, 0.25) is 10.0 Å². The summed E-state index contributed by atoms with van der Waals surface area (Å²) in [6.07, 6.45) is 0.774. The Labute approximate surface area is 198 Å². The van der Waals surface area contributed by atoms with Gasteiger partial charge in [-0.15, -0.1) is 0 Å². The highest BCUT2D eigenvalue weighted by Crippen LogP contribution is 2.33. The van der Waals surface area contributed by atoms with E-state index in [-0.39, 0.29) is 31.6 Å². The molecule has 0 bridgehead atoms. The first kappa shape index (κ1) is 24.2. The van der Waals surface area contributed by atoms with E-state index in [2.05, 4.69) is 5.32 Å². The molecule has 172 valence electrons. The van der Waals surface area contributed by atoms with E-state index in [0.29, 0.717) is 40.4 Å². The number of hydrogen-bond acceptors (Lipinski definition) is 4. The monoisotopic (exact) mass is 478 g/mol. The zero-order valence-corrected chi connectivity index (χ0v) is 20.0. The van der Waals surface area contributed by atoms with Crippen molar-refractivity contribution in [3.63, 3.8) is 0 Å². The van der Waals surface area contributed by atoms with Crippen LogP contribution in [0.25, 0.3) is 0 Å². The summed E-state index contributed by atoms with van der Waals surface area (Å²) in [7, 11) is 0. The lowest BCUT2D eigenvalue weighted by Crippen LogP contribution is -2.48. The van der Waals surface area contributed by atoms with Crippen molar-refractivity contribution < 1.29 is 19.1 Å². The molecule has 0 unspecified atom stereocenters. The van der Waals surface area contributed by atoms with Gasteiger partial charge in [-0.25, -0.2) is 0 Å². The molecule has 1 aliphatic heterocycles. The van der Waals surface area contributed by atoms with Gasteiger partial charge < -0.3 is 19.7 Å². The van der Waals surface area contributed by atoms with Crippen LogP contribution >= 0.6 is 23.2 Å². The third-order valence-corrected chi connectivity index (χ3v) is 5.99. The standard InChI is InChI=1S/C24H28Cl2N2O4/c1-15(2)12-27-24(30)16(3)28(13-18-4-7-19(25)20(26)10-18)23(29)9-6-17-5-8-21-22(11-17)32-14-31-21/h4-5,7-8,10-11,15-16H,6,9,12-14H2,1-3H3,(H,27,30)/t16-/m1/s1. The SMILES string of the molecule is CC(C)CNC(=O)[C@@H](C)N(Cc1ccc(Cl)c(Cl)c1)C(=O)CCc1ccc2c(c1)OCO2. The second-order valence-electron chi connectivity index (χ2n) is 8.27. The van der Waals surface area contributed by atoms with Crippen molar-refractivity contribution in [2.45, 2.75) is 46.2 Å². The van der Waals surface area contributed by atoms with Gasteiger partial charge in [-0.1, -0.05) is 49.2 Å². The molecule has 1 aliphatic rings. The van der Waals surface area contributed by atoms with Crippen LogP contribution in [0.4, 0.5) is 0 Å². The molecule has 0 fully saturated rings. The zero-order chi connectivity index (χ0) is 23.3. The molecule has 0 saturated carbocycles. The number of benzene rings is 2. The lowest BCUT2D eigenvalue weighted by atomic mass is 10.1. The van der Waals surface area contributed by atoms with Crippen LogP contribution in [-0.4, -0.2) is 36.1 Å². The molecule has 2 aromatic carbocycles. The Bertz CT molecular complexity index is 980. The number of nitrogens with one attached hydrogen (secondary N) is 1. The normalized spacial score (nSPS) is 13.2. The van der Waals surface area contributed by atoms with Crippen molar-refractivity contribution in [1.29, 1.82) is 0 Å². The van der Waals surface area contributed by atoms with Crippen LogP contribution in [0.5, 0.6) is 11.5 Å². The maximum atomic E-state index is 13.2. The number of nitrogens with zero attached hydrogens (tertiary/aromatic N) is 1. The number of hydrogen-bond donors (Lipinski definition) is 1. The fraction of sp³-hybridized carbons (Fsp3) is 0.417. The van der Waals surface area contributed by atoms with Gasteiger partial charge in [0.25, 0.3) is 0 Å². The van der Waals surface area contributed by atoms with Gasteiger partial charge >= 0.3 is 0 Å². The Morgan fingerprint density at radius 3 is 2.44 bits per heavy atom. The first-order chi connectivity index (χ1) is 15.2. The molecule has 6 nitrogen and oxygen atoms in total. The molecule has 2 aromatic rings. The number of aryl methyl sites for hydroxylation is 1. The Kier molecular flexibility index (Phi) is 8.26. The summed E-state index contributed by atoms with van der Waals surface area (Å²) in [4.78, 5) is 27.5. The topological polar surface area (TPSA) is 67.9 Å². The van der Waals surface area contributed by atoms with Crippen LogP contribution in [0.1, 0.15) is 38.3 Å². The van der Waals surface area contributed by atoms with Crippen LogP contribution in [0.3, 0.4) is 0 Å². The Morgan fingerprint density at radius 2 is 1.72 bits per heavy atom. The number of amides is 2. The number of carbonyl (C=O) groups excluding carboxylic acids is 2. The summed E-state index contributed by atoms with van der Waals surface area (Å²) >= 11 is 12.2. The highest BCUT2D eigenvalue weighted by Gasteiger charge is 2.26. The fourth-order valence-corrected chi connectivity index (χ4v) is 3.68. The molecule has 0 aliphatic carbocycles. The zero-order valence-electron chi connectivity index (χ0n) is 18.5. The van der Waals surface area contributed by atoms with Gasteiger partial charge in [0.15, 0.2) is 11.5 Å². The number of halogens is 2. The molecule has 0 radical (unpaired) electrons. The Balaban J connectivity index is 1.72. The molecule has 32 heavy (non-hydrogen) atoms. The minimum atomic E-state index is -0.632.